The molecule has 1 saturated heterocycles. The molecule has 1 aliphatic heterocycles. The van der Waals surface area contributed by atoms with Crippen molar-refractivity contribution in [2.24, 2.45) is 0 Å². The third kappa shape index (κ3) is 5.59. The number of aromatic nitrogens is 1. The summed E-state index contributed by atoms with van der Waals surface area (Å²) in [5.41, 5.74) is 2.46. The van der Waals surface area contributed by atoms with Crippen LogP contribution in [0.15, 0.2) is 70.1 Å². The minimum atomic E-state index is -4.89. The number of fused-ring (bicyclic) bond motifs is 1. The molecule has 1 N–H and O–H groups in total. The van der Waals surface area contributed by atoms with Crippen LogP contribution in [0.1, 0.15) is 0 Å². The summed E-state index contributed by atoms with van der Waals surface area (Å²) in [5, 5.41) is 4.24. The molecule has 1 aromatic heterocycles. The average molecular weight is 591 g/mol. The van der Waals surface area contributed by atoms with Crippen molar-refractivity contribution in [3.8, 4) is 22.6 Å². The number of piperazine rings is 1. The molecule has 0 aliphatic carbocycles. The Morgan fingerprint density at radius 1 is 0.927 bits per heavy atom. The van der Waals surface area contributed by atoms with Gasteiger partial charge in [0.1, 0.15) is 21.8 Å². The van der Waals surface area contributed by atoms with Crippen LogP contribution in [0.25, 0.3) is 22.1 Å². The molecule has 0 saturated carbocycles. The van der Waals surface area contributed by atoms with Gasteiger partial charge in [-0.05, 0) is 47.5 Å². The van der Waals surface area contributed by atoms with Crippen LogP contribution < -0.4 is 19.1 Å². The van der Waals surface area contributed by atoms with Crippen LogP contribution in [-0.4, -0.2) is 71.0 Å². The number of carbonyl (C=O) groups is 1. The highest BCUT2D eigenvalue weighted by atomic mass is 32.2. The molecule has 3 aromatic carbocycles. The maximum absolute atomic E-state index is 13.1. The van der Waals surface area contributed by atoms with Gasteiger partial charge in [-0.3, -0.25) is 9.52 Å². The van der Waals surface area contributed by atoms with Crippen molar-refractivity contribution in [2.75, 3.05) is 50.0 Å². The number of hydrogen-bond donors (Lipinski definition) is 1. The van der Waals surface area contributed by atoms with Crippen LogP contribution in [-0.2, 0) is 14.8 Å². The van der Waals surface area contributed by atoms with Crippen LogP contribution in [0.3, 0.4) is 0 Å². The topological polar surface area (TPSA) is 114 Å². The minimum absolute atomic E-state index is 0.0477. The second-order valence-electron chi connectivity index (χ2n) is 9.17. The van der Waals surface area contributed by atoms with E-state index in [1.807, 2.05) is 29.2 Å². The fourth-order valence-corrected chi connectivity index (χ4v) is 5.86. The predicted octanol–water partition coefficient (Wildman–Crippen LogP) is 4.52. The highest BCUT2D eigenvalue weighted by Gasteiger charge is 2.43. The number of methoxy groups -OCH3 is 2. The summed E-state index contributed by atoms with van der Waals surface area (Å²) in [7, 11) is -1.28. The SMILES string of the molecule is COc1ccccc1S(=O)(=O)Nc1noc2cc(-c3cccc(N4CCN(C(=O)C(F)(F)F)CC4)c3)cc(OC)c12. The number of sulfonamides is 1. The fourth-order valence-electron chi connectivity index (χ4n) is 4.69. The lowest BCUT2D eigenvalue weighted by Crippen LogP contribution is -2.52. The average Bonchev–Trinajstić information content (AvgIpc) is 3.37. The van der Waals surface area contributed by atoms with Crippen molar-refractivity contribution in [1.29, 1.82) is 0 Å². The third-order valence-corrected chi connectivity index (χ3v) is 8.08. The van der Waals surface area contributed by atoms with Gasteiger partial charge in [0.05, 0.1) is 14.2 Å². The van der Waals surface area contributed by atoms with Gasteiger partial charge < -0.3 is 23.8 Å². The van der Waals surface area contributed by atoms with E-state index < -0.39 is 22.1 Å². The molecule has 10 nitrogen and oxygen atoms in total. The van der Waals surface area contributed by atoms with Crippen molar-refractivity contribution in [3.63, 3.8) is 0 Å². The Hall–Kier alpha value is -4.46. The molecule has 2 heterocycles. The lowest BCUT2D eigenvalue weighted by Gasteiger charge is -2.36. The Morgan fingerprint density at radius 3 is 2.32 bits per heavy atom. The Kier molecular flexibility index (Phi) is 7.43. The molecule has 4 aromatic rings. The summed E-state index contributed by atoms with van der Waals surface area (Å²) in [4.78, 5) is 14.2. The first kappa shape index (κ1) is 28.1. The normalized spacial score (nSPS) is 14.3. The quantitative estimate of drug-likeness (QED) is 0.334. The van der Waals surface area contributed by atoms with E-state index in [1.54, 1.807) is 24.3 Å². The zero-order chi connectivity index (χ0) is 29.4. The number of alkyl halides is 3. The van der Waals surface area contributed by atoms with E-state index in [-0.39, 0.29) is 48.2 Å². The molecule has 0 bridgehead atoms. The van der Waals surface area contributed by atoms with Gasteiger partial charge in [0.15, 0.2) is 11.4 Å². The second-order valence-corrected chi connectivity index (χ2v) is 10.8. The van der Waals surface area contributed by atoms with Gasteiger partial charge in [-0.25, -0.2) is 8.42 Å². The number of para-hydroxylation sites is 1. The van der Waals surface area contributed by atoms with Crippen LogP contribution >= 0.6 is 0 Å². The van der Waals surface area contributed by atoms with Gasteiger partial charge in [0.25, 0.3) is 10.0 Å². The number of hydrogen-bond acceptors (Lipinski definition) is 8. The highest BCUT2D eigenvalue weighted by molar-refractivity contribution is 7.92. The van der Waals surface area contributed by atoms with Gasteiger partial charge in [-0.2, -0.15) is 13.2 Å². The molecular weight excluding hydrogens is 565 g/mol. The Labute approximate surface area is 233 Å². The van der Waals surface area contributed by atoms with E-state index in [0.29, 0.717) is 16.7 Å². The molecule has 14 heteroatoms. The lowest BCUT2D eigenvalue weighted by atomic mass is 10.0. The molecule has 1 amide bonds. The Bertz CT molecular complexity index is 1700. The first-order valence-electron chi connectivity index (χ1n) is 12.4. The number of ether oxygens (including phenoxy) is 2. The van der Waals surface area contributed by atoms with Crippen molar-refractivity contribution < 1.29 is 40.4 Å². The van der Waals surface area contributed by atoms with Gasteiger partial charge >= 0.3 is 12.1 Å². The highest BCUT2D eigenvalue weighted by Crippen LogP contribution is 2.39. The van der Waals surface area contributed by atoms with E-state index >= 15 is 0 Å². The van der Waals surface area contributed by atoms with Crippen molar-refractivity contribution in [3.05, 3.63) is 60.7 Å². The Morgan fingerprint density at radius 2 is 1.63 bits per heavy atom. The lowest BCUT2D eigenvalue weighted by molar-refractivity contribution is -0.185. The van der Waals surface area contributed by atoms with Crippen molar-refractivity contribution in [2.45, 2.75) is 11.1 Å². The maximum atomic E-state index is 13.1. The summed E-state index contributed by atoms with van der Waals surface area (Å²) in [5.74, 6) is -1.42. The van der Waals surface area contributed by atoms with Crippen molar-refractivity contribution in [1.82, 2.24) is 10.1 Å². The second kappa shape index (κ2) is 10.8. The number of halogens is 3. The molecule has 5 rings (SSSR count). The molecule has 0 spiro atoms. The third-order valence-electron chi connectivity index (χ3n) is 6.70. The summed E-state index contributed by atoms with van der Waals surface area (Å²) < 4.78 is 83.3. The van der Waals surface area contributed by atoms with Gasteiger partial charge in [0.2, 0.25) is 0 Å². The van der Waals surface area contributed by atoms with E-state index in [4.69, 9.17) is 14.0 Å². The number of carbonyl (C=O) groups excluding carboxylic acids is 1. The number of rotatable bonds is 7. The van der Waals surface area contributed by atoms with Crippen LogP contribution in [0.4, 0.5) is 24.7 Å². The van der Waals surface area contributed by atoms with E-state index in [9.17, 15) is 26.4 Å². The zero-order valence-corrected chi connectivity index (χ0v) is 22.8. The largest absolute Gasteiger partial charge is 0.496 e. The fraction of sp³-hybridized carbons (Fsp3) is 0.259. The molecule has 0 unspecified atom stereocenters. The summed E-state index contributed by atoms with van der Waals surface area (Å²) in [6, 6.07) is 16.9. The smallest absolute Gasteiger partial charge is 0.471 e. The Balaban J connectivity index is 1.41. The first-order chi connectivity index (χ1) is 19.5. The maximum Gasteiger partial charge on any atom is 0.471 e. The van der Waals surface area contributed by atoms with Crippen LogP contribution in [0, 0.1) is 0 Å². The number of amides is 1. The summed E-state index contributed by atoms with van der Waals surface area (Å²) in [6.07, 6.45) is -4.89. The van der Waals surface area contributed by atoms with Gasteiger partial charge in [-0.15, -0.1) is 0 Å². The van der Waals surface area contributed by atoms with Gasteiger partial charge in [-0.1, -0.05) is 29.4 Å². The number of anilines is 2. The van der Waals surface area contributed by atoms with Crippen LogP contribution in [0.2, 0.25) is 0 Å². The number of nitrogens with one attached hydrogen (secondary N) is 1. The molecule has 41 heavy (non-hydrogen) atoms. The zero-order valence-electron chi connectivity index (χ0n) is 21.9. The first-order valence-corrected chi connectivity index (χ1v) is 13.8. The standard InChI is InChI=1S/C27H25F3N4O6S/c1-38-20-8-3-4-9-23(20)41(36,37)32-25-24-21(39-2)15-18(16-22(24)40-31-25)17-6-5-7-19(14-17)33-10-12-34(13-11-33)26(35)27(28,29)30/h3-9,14-16H,10-13H2,1-2H3,(H,31,32). The number of benzene rings is 3. The molecule has 216 valence electrons. The summed E-state index contributed by atoms with van der Waals surface area (Å²) in [6.45, 7) is 0.388. The monoisotopic (exact) mass is 590 g/mol. The molecular formula is C27H25F3N4O6S. The van der Waals surface area contributed by atoms with E-state index in [1.165, 1.54) is 26.4 Å². The molecule has 1 aliphatic rings. The number of nitrogens with zero attached hydrogens (tertiary/aromatic N) is 3. The van der Waals surface area contributed by atoms with E-state index in [0.717, 1.165) is 16.2 Å². The van der Waals surface area contributed by atoms with Crippen LogP contribution in [0.5, 0.6) is 11.5 Å². The van der Waals surface area contributed by atoms with Gasteiger partial charge in [0, 0.05) is 31.9 Å². The van der Waals surface area contributed by atoms with E-state index in [2.05, 4.69) is 9.88 Å². The summed E-state index contributed by atoms with van der Waals surface area (Å²) >= 11 is 0. The molecule has 0 radical (unpaired) electrons. The minimum Gasteiger partial charge on any atom is -0.496 e. The predicted molar refractivity (Wildman–Crippen MR) is 145 cm³/mol. The van der Waals surface area contributed by atoms with Crippen molar-refractivity contribution >= 4 is 38.4 Å². The molecule has 0 atom stereocenters. The molecule has 1 fully saturated rings.